The van der Waals surface area contributed by atoms with Crippen LogP contribution in [0.25, 0.3) is 22.3 Å². The van der Waals surface area contributed by atoms with Gasteiger partial charge < -0.3 is 14.6 Å². The van der Waals surface area contributed by atoms with Crippen LogP contribution in [0.2, 0.25) is 0 Å². The Morgan fingerprint density at radius 1 is 0.933 bits per heavy atom. The average Bonchev–Trinajstić information content (AvgIpc) is 2.79. The molecule has 0 bridgehead atoms. The summed E-state index contributed by atoms with van der Waals surface area (Å²) in [6, 6.07) is 21.4. The van der Waals surface area contributed by atoms with E-state index in [1.165, 1.54) is 11.6 Å². The molecular weight excluding hydrogens is 376 g/mol. The zero-order valence-electron chi connectivity index (χ0n) is 16.9. The molecule has 0 aliphatic carbocycles. The Kier molecular flexibility index (Phi) is 6.83. The molecule has 0 fully saturated rings. The molecule has 3 aromatic rings. The Labute approximate surface area is 176 Å². The van der Waals surface area contributed by atoms with E-state index in [0.717, 1.165) is 34.8 Å². The zero-order chi connectivity index (χ0) is 21.5. The maximum absolute atomic E-state index is 11.3. The summed E-state index contributed by atoms with van der Waals surface area (Å²) in [6.07, 6.45) is 2.33. The van der Waals surface area contributed by atoms with Crippen molar-refractivity contribution in [1.82, 2.24) is 0 Å². The summed E-state index contributed by atoms with van der Waals surface area (Å²) < 4.78 is 10.5. The van der Waals surface area contributed by atoms with Gasteiger partial charge >= 0.3 is 5.97 Å². The van der Waals surface area contributed by atoms with E-state index >= 15 is 0 Å². The number of rotatable bonds is 8. The third-order valence-corrected chi connectivity index (χ3v) is 4.68. The predicted molar refractivity (Wildman–Crippen MR) is 119 cm³/mol. The van der Waals surface area contributed by atoms with Gasteiger partial charge in [0.1, 0.15) is 11.5 Å². The highest BCUT2D eigenvalue weighted by Gasteiger charge is 2.09. The van der Waals surface area contributed by atoms with Crippen molar-refractivity contribution in [1.29, 1.82) is 0 Å². The van der Waals surface area contributed by atoms with E-state index in [-0.39, 0.29) is 0 Å². The molecule has 0 radical (unpaired) electrons. The Hall–Kier alpha value is -3.63. The lowest BCUT2D eigenvalue weighted by Crippen LogP contribution is -2.10. The topological polar surface area (TPSA) is 55.8 Å². The first-order valence-electron chi connectivity index (χ1n) is 9.69. The highest BCUT2D eigenvalue weighted by Crippen LogP contribution is 2.31. The SMILES string of the molecule is C=CC(=O)Oc1ccc(-c2ccc(-c3ccc(OC(O)C=C)cc3)c(CC)c2)cc1. The Morgan fingerprint density at radius 2 is 1.53 bits per heavy atom. The molecule has 1 unspecified atom stereocenters. The third-order valence-electron chi connectivity index (χ3n) is 4.68. The number of carbonyl (C=O) groups is 1. The molecule has 0 aliphatic heterocycles. The van der Waals surface area contributed by atoms with Crippen LogP contribution in [0.4, 0.5) is 0 Å². The van der Waals surface area contributed by atoms with Crippen LogP contribution in [0.3, 0.4) is 0 Å². The molecule has 1 N–H and O–H groups in total. The minimum absolute atomic E-state index is 0.476. The summed E-state index contributed by atoms with van der Waals surface area (Å²) in [5, 5.41) is 9.52. The van der Waals surface area contributed by atoms with Gasteiger partial charge in [-0.25, -0.2) is 4.79 Å². The first kappa shape index (κ1) is 21.1. The number of benzene rings is 3. The second kappa shape index (κ2) is 9.72. The van der Waals surface area contributed by atoms with Crippen molar-refractivity contribution in [2.45, 2.75) is 19.6 Å². The molecule has 0 amide bonds. The number of aliphatic hydroxyl groups is 1. The number of ether oxygens (including phenoxy) is 2. The number of aliphatic hydroxyl groups excluding tert-OH is 1. The standard InChI is InChI=1S/C26H24O4/c1-4-18-17-21(19-7-12-22(13-8-19)29-25(27)5-2)11-16-24(18)20-9-14-23(15-10-20)30-26(28)6-3/h5-17,26,28H,2-4H2,1H3. The third kappa shape index (κ3) is 5.04. The van der Waals surface area contributed by atoms with Gasteiger partial charge in [0.15, 0.2) is 0 Å². The van der Waals surface area contributed by atoms with E-state index in [2.05, 4.69) is 38.3 Å². The molecule has 152 valence electrons. The van der Waals surface area contributed by atoms with Crippen LogP contribution in [-0.4, -0.2) is 17.4 Å². The molecule has 3 rings (SSSR count). The van der Waals surface area contributed by atoms with Crippen LogP contribution in [-0.2, 0) is 11.2 Å². The molecule has 0 aliphatic rings. The smallest absolute Gasteiger partial charge is 0.335 e. The van der Waals surface area contributed by atoms with Crippen molar-refractivity contribution in [3.8, 4) is 33.8 Å². The fourth-order valence-electron chi connectivity index (χ4n) is 3.12. The molecular formula is C26H24O4. The number of hydrogen-bond acceptors (Lipinski definition) is 4. The molecule has 0 spiro atoms. The minimum Gasteiger partial charge on any atom is -0.461 e. The number of aryl methyl sites for hydroxylation is 1. The monoisotopic (exact) mass is 400 g/mol. The van der Waals surface area contributed by atoms with E-state index in [1.807, 2.05) is 36.4 Å². The molecule has 1 atom stereocenters. The molecule has 0 aromatic heterocycles. The van der Waals surface area contributed by atoms with E-state index in [9.17, 15) is 9.90 Å². The highest BCUT2D eigenvalue weighted by molar-refractivity contribution is 5.83. The van der Waals surface area contributed by atoms with Gasteiger partial charge in [-0.15, -0.1) is 0 Å². The molecule has 4 nitrogen and oxygen atoms in total. The minimum atomic E-state index is -1.02. The molecule has 3 aromatic carbocycles. The molecule has 30 heavy (non-hydrogen) atoms. The Balaban J connectivity index is 1.83. The molecule has 4 heteroatoms. The number of esters is 1. The van der Waals surface area contributed by atoms with Gasteiger partial charge in [0, 0.05) is 6.08 Å². The summed E-state index contributed by atoms with van der Waals surface area (Å²) in [5.41, 5.74) is 5.57. The quantitative estimate of drug-likeness (QED) is 0.177. The second-order valence-corrected chi connectivity index (χ2v) is 6.64. The lowest BCUT2D eigenvalue weighted by atomic mass is 9.93. The van der Waals surface area contributed by atoms with Crippen LogP contribution >= 0.6 is 0 Å². The van der Waals surface area contributed by atoms with Gasteiger partial charge in [0.05, 0.1) is 0 Å². The van der Waals surface area contributed by atoms with Crippen molar-refractivity contribution in [2.75, 3.05) is 0 Å². The van der Waals surface area contributed by atoms with Gasteiger partial charge in [-0.05, 0) is 64.6 Å². The first-order valence-corrected chi connectivity index (χ1v) is 9.69. The van der Waals surface area contributed by atoms with E-state index < -0.39 is 12.3 Å². The van der Waals surface area contributed by atoms with E-state index in [1.54, 1.807) is 12.1 Å². The highest BCUT2D eigenvalue weighted by atomic mass is 16.6. The fraction of sp³-hybridized carbons (Fsp3) is 0.115. The summed E-state index contributed by atoms with van der Waals surface area (Å²) in [5.74, 6) is 0.591. The maximum atomic E-state index is 11.3. The lowest BCUT2D eigenvalue weighted by Gasteiger charge is -2.13. The van der Waals surface area contributed by atoms with Crippen LogP contribution < -0.4 is 9.47 Å². The first-order chi connectivity index (χ1) is 14.5. The van der Waals surface area contributed by atoms with Gasteiger partial charge in [0.2, 0.25) is 6.29 Å². The van der Waals surface area contributed by atoms with Crippen LogP contribution in [0.5, 0.6) is 11.5 Å². The molecule has 0 heterocycles. The predicted octanol–water partition coefficient (Wildman–Crippen LogP) is 5.56. The van der Waals surface area contributed by atoms with Crippen LogP contribution in [0.15, 0.2) is 92.0 Å². The second-order valence-electron chi connectivity index (χ2n) is 6.64. The molecule has 0 saturated heterocycles. The van der Waals surface area contributed by atoms with Crippen molar-refractivity contribution in [3.63, 3.8) is 0 Å². The summed E-state index contributed by atoms with van der Waals surface area (Å²) in [7, 11) is 0. The van der Waals surface area contributed by atoms with Gasteiger partial charge in [-0.1, -0.05) is 62.5 Å². The molecule has 0 saturated carbocycles. The largest absolute Gasteiger partial charge is 0.461 e. The van der Waals surface area contributed by atoms with Crippen molar-refractivity contribution < 1.29 is 19.4 Å². The summed E-state index contributed by atoms with van der Waals surface area (Å²) in [4.78, 5) is 11.3. The van der Waals surface area contributed by atoms with Gasteiger partial charge in [0.25, 0.3) is 0 Å². The maximum Gasteiger partial charge on any atom is 0.335 e. The number of carbonyl (C=O) groups excluding carboxylic acids is 1. The number of hydrogen-bond donors (Lipinski definition) is 1. The summed E-state index contributed by atoms with van der Waals surface area (Å²) in [6.45, 7) is 9.02. The van der Waals surface area contributed by atoms with E-state index in [4.69, 9.17) is 9.47 Å². The van der Waals surface area contributed by atoms with E-state index in [0.29, 0.717) is 11.5 Å². The fourth-order valence-corrected chi connectivity index (χ4v) is 3.12. The van der Waals surface area contributed by atoms with Gasteiger partial charge in [-0.2, -0.15) is 0 Å². The normalized spacial score (nSPS) is 11.4. The van der Waals surface area contributed by atoms with Crippen LogP contribution in [0, 0.1) is 0 Å². The Morgan fingerprint density at radius 3 is 2.13 bits per heavy atom. The van der Waals surface area contributed by atoms with Crippen molar-refractivity contribution >= 4 is 5.97 Å². The van der Waals surface area contributed by atoms with Crippen molar-refractivity contribution in [2.24, 2.45) is 0 Å². The van der Waals surface area contributed by atoms with Gasteiger partial charge in [-0.3, -0.25) is 0 Å². The summed E-state index contributed by atoms with van der Waals surface area (Å²) >= 11 is 0. The Bertz CT molecular complexity index is 1030. The zero-order valence-corrected chi connectivity index (χ0v) is 16.9. The lowest BCUT2D eigenvalue weighted by molar-refractivity contribution is -0.128. The average molecular weight is 400 g/mol. The van der Waals surface area contributed by atoms with Crippen LogP contribution in [0.1, 0.15) is 12.5 Å². The van der Waals surface area contributed by atoms with Crippen molar-refractivity contribution in [3.05, 3.63) is 97.6 Å².